The Morgan fingerprint density at radius 2 is 1.70 bits per heavy atom. The van der Waals surface area contributed by atoms with Crippen LogP contribution in [0.15, 0.2) is 48.5 Å². The number of alkyl carbamates (subject to hydrolysis) is 1. The molecule has 0 spiro atoms. The van der Waals surface area contributed by atoms with Gasteiger partial charge in [0.2, 0.25) is 5.75 Å². The zero-order valence-electron chi connectivity index (χ0n) is 17.9. The van der Waals surface area contributed by atoms with Crippen LogP contribution in [-0.4, -0.2) is 42.2 Å². The predicted octanol–water partition coefficient (Wildman–Crippen LogP) is 2.82. The van der Waals surface area contributed by atoms with Crippen molar-refractivity contribution in [2.24, 2.45) is 0 Å². The number of nitrogens with one attached hydrogen (secondary N) is 1. The number of carbonyl (C=O) groups is 2. The van der Waals surface area contributed by atoms with E-state index in [4.69, 9.17) is 8.92 Å². The molecule has 1 unspecified atom stereocenters. The number of nitrogens with zero attached hydrogens (tertiary/aromatic N) is 1. The van der Waals surface area contributed by atoms with E-state index in [0.29, 0.717) is 5.56 Å². The molecular weight excluding hydrogens is 460 g/mol. The number of benzene rings is 2. The summed E-state index contributed by atoms with van der Waals surface area (Å²) < 4.78 is 38.8. The fourth-order valence-corrected chi connectivity index (χ4v) is 3.23. The van der Waals surface area contributed by atoms with Crippen LogP contribution in [-0.2, 0) is 26.4 Å². The highest BCUT2D eigenvalue weighted by molar-refractivity contribution is 7.82. The molecule has 0 saturated heterocycles. The average Bonchev–Trinajstić information content (AvgIpc) is 2.67. The van der Waals surface area contributed by atoms with Crippen molar-refractivity contribution in [3.63, 3.8) is 0 Å². The topological polar surface area (TPSA) is 171 Å². The average molecular weight is 482 g/mol. The van der Waals surface area contributed by atoms with Gasteiger partial charge < -0.3 is 23.5 Å². The first-order valence-corrected chi connectivity index (χ1v) is 10.8. The summed E-state index contributed by atoms with van der Waals surface area (Å²) >= 11 is 0. The van der Waals surface area contributed by atoms with Crippen molar-refractivity contribution in [1.29, 1.82) is 0 Å². The number of carboxylic acids is 1. The summed E-state index contributed by atoms with van der Waals surface area (Å²) in [6, 6.07) is 8.85. The standard InChI is InChI=1S/C20H22N2O10S/c1-20(2,3)30-19(25)21-15(18(23)24)12-13-8-10-14(11-9-13)31-33(28,29)32-17-7-5-4-6-16(17)22(26)27/h4-11,15H,12H2,1-3H3,(H,21,25)(H,23,24). The fourth-order valence-electron chi connectivity index (χ4n) is 2.49. The monoisotopic (exact) mass is 482 g/mol. The Kier molecular flexibility index (Phi) is 7.82. The van der Waals surface area contributed by atoms with E-state index in [0.717, 1.165) is 12.1 Å². The summed E-state index contributed by atoms with van der Waals surface area (Å²) in [5.74, 6) is -1.98. The molecule has 0 fully saturated rings. The van der Waals surface area contributed by atoms with E-state index in [9.17, 15) is 33.2 Å². The molecule has 0 aliphatic heterocycles. The number of rotatable bonds is 9. The third-order valence-electron chi connectivity index (χ3n) is 3.80. The minimum Gasteiger partial charge on any atom is -0.480 e. The minimum absolute atomic E-state index is 0.117. The van der Waals surface area contributed by atoms with Crippen LogP contribution in [0.2, 0.25) is 0 Å². The summed E-state index contributed by atoms with van der Waals surface area (Å²) in [5.41, 5.74) is -0.917. The van der Waals surface area contributed by atoms with Crippen molar-refractivity contribution in [1.82, 2.24) is 5.32 Å². The molecule has 1 amide bonds. The van der Waals surface area contributed by atoms with E-state index in [1.54, 1.807) is 20.8 Å². The Morgan fingerprint density at radius 1 is 1.09 bits per heavy atom. The zero-order chi connectivity index (χ0) is 24.8. The molecule has 0 bridgehead atoms. The second-order valence-electron chi connectivity index (χ2n) is 7.68. The molecule has 0 saturated carbocycles. The molecule has 12 nitrogen and oxygen atoms in total. The Balaban J connectivity index is 2.06. The zero-order valence-corrected chi connectivity index (χ0v) is 18.7. The summed E-state index contributed by atoms with van der Waals surface area (Å²) in [4.78, 5) is 33.5. The van der Waals surface area contributed by atoms with Crippen LogP contribution in [0.25, 0.3) is 0 Å². The van der Waals surface area contributed by atoms with Gasteiger partial charge in [0.25, 0.3) is 0 Å². The van der Waals surface area contributed by atoms with Gasteiger partial charge in [0.1, 0.15) is 17.4 Å². The van der Waals surface area contributed by atoms with Gasteiger partial charge in [-0.3, -0.25) is 10.1 Å². The SMILES string of the molecule is CC(C)(C)OC(=O)NC(Cc1ccc(OS(=O)(=O)Oc2ccccc2[N+](=O)[O-])cc1)C(=O)O. The van der Waals surface area contributed by atoms with Gasteiger partial charge in [-0.1, -0.05) is 24.3 Å². The maximum Gasteiger partial charge on any atom is 0.501 e. The molecule has 2 aromatic rings. The van der Waals surface area contributed by atoms with E-state index in [2.05, 4.69) is 9.50 Å². The lowest BCUT2D eigenvalue weighted by Crippen LogP contribution is -2.44. The van der Waals surface area contributed by atoms with Gasteiger partial charge >= 0.3 is 28.1 Å². The number of ether oxygens (including phenoxy) is 1. The lowest BCUT2D eigenvalue weighted by Gasteiger charge is -2.22. The lowest BCUT2D eigenvalue weighted by atomic mass is 10.1. The van der Waals surface area contributed by atoms with Crippen LogP contribution in [0.4, 0.5) is 10.5 Å². The lowest BCUT2D eigenvalue weighted by molar-refractivity contribution is -0.385. The first-order chi connectivity index (χ1) is 15.3. The van der Waals surface area contributed by atoms with E-state index in [1.165, 1.54) is 36.4 Å². The third kappa shape index (κ3) is 8.29. The molecule has 178 valence electrons. The van der Waals surface area contributed by atoms with Crippen molar-refractivity contribution in [3.8, 4) is 11.5 Å². The number of hydrogen-bond acceptors (Lipinski definition) is 9. The smallest absolute Gasteiger partial charge is 0.480 e. The van der Waals surface area contributed by atoms with Gasteiger partial charge in [-0.05, 0) is 44.5 Å². The van der Waals surface area contributed by atoms with Gasteiger partial charge in [-0.2, -0.15) is 0 Å². The normalized spacial score (nSPS) is 12.3. The van der Waals surface area contributed by atoms with E-state index < -0.39 is 50.5 Å². The molecule has 2 rings (SSSR count). The van der Waals surface area contributed by atoms with Crippen molar-refractivity contribution in [2.45, 2.75) is 38.8 Å². The van der Waals surface area contributed by atoms with Gasteiger partial charge in [-0.25, -0.2) is 9.59 Å². The quantitative estimate of drug-likeness (QED) is 0.400. The van der Waals surface area contributed by atoms with Crippen LogP contribution < -0.4 is 13.7 Å². The Bertz CT molecular complexity index is 1120. The molecule has 1 atom stereocenters. The van der Waals surface area contributed by atoms with Crippen LogP contribution in [0, 0.1) is 10.1 Å². The molecule has 33 heavy (non-hydrogen) atoms. The van der Waals surface area contributed by atoms with Gasteiger partial charge in [0, 0.05) is 12.5 Å². The van der Waals surface area contributed by atoms with Crippen LogP contribution >= 0.6 is 0 Å². The second kappa shape index (κ2) is 10.2. The molecule has 13 heteroatoms. The summed E-state index contributed by atoms with van der Waals surface area (Å²) in [7, 11) is -4.70. The summed E-state index contributed by atoms with van der Waals surface area (Å²) in [5, 5.41) is 22.6. The first kappa shape index (κ1) is 25.4. The Labute approximate surface area is 189 Å². The molecule has 0 radical (unpaired) electrons. The number of carbonyl (C=O) groups excluding carboxylic acids is 1. The van der Waals surface area contributed by atoms with E-state index in [1.807, 2.05) is 0 Å². The molecule has 0 aliphatic rings. The van der Waals surface area contributed by atoms with Crippen molar-refractivity contribution in [2.75, 3.05) is 0 Å². The molecule has 0 aliphatic carbocycles. The first-order valence-electron chi connectivity index (χ1n) is 9.44. The molecule has 0 heterocycles. The number of nitro groups is 1. The minimum atomic E-state index is -4.70. The third-order valence-corrected chi connectivity index (χ3v) is 4.58. The number of para-hydroxylation sites is 2. The highest BCUT2D eigenvalue weighted by atomic mass is 32.3. The Morgan fingerprint density at radius 3 is 2.24 bits per heavy atom. The number of aliphatic carboxylic acids is 1. The van der Waals surface area contributed by atoms with Crippen molar-refractivity contribution in [3.05, 3.63) is 64.2 Å². The van der Waals surface area contributed by atoms with E-state index in [-0.39, 0.29) is 12.2 Å². The number of amides is 1. The van der Waals surface area contributed by atoms with Crippen LogP contribution in [0.5, 0.6) is 11.5 Å². The fraction of sp³-hybridized carbons (Fsp3) is 0.300. The van der Waals surface area contributed by atoms with Gasteiger partial charge in [-0.15, -0.1) is 8.42 Å². The molecule has 0 aromatic heterocycles. The predicted molar refractivity (Wildman–Crippen MR) is 114 cm³/mol. The van der Waals surface area contributed by atoms with Crippen molar-refractivity contribution >= 4 is 28.1 Å². The van der Waals surface area contributed by atoms with Crippen LogP contribution in [0.1, 0.15) is 26.3 Å². The van der Waals surface area contributed by atoms with Gasteiger partial charge in [0.15, 0.2) is 0 Å². The maximum atomic E-state index is 12.1. The van der Waals surface area contributed by atoms with E-state index >= 15 is 0 Å². The number of nitro benzene ring substituents is 1. The second-order valence-corrected chi connectivity index (χ2v) is 8.83. The Hall–Kier alpha value is -3.87. The highest BCUT2D eigenvalue weighted by Gasteiger charge is 2.25. The largest absolute Gasteiger partial charge is 0.501 e. The number of hydrogen-bond donors (Lipinski definition) is 2. The van der Waals surface area contributed by atoms with Crippen molar-refractivity contribution < 1.29 is 41.1 Å². The summed E-state index contributed by atoms with van der Waals surface area (Å²) in [6.45, 7) is 4.90. The molecule has 2 N–H and O–H groups in total. The highest BCUT2D eigenvalue weighted by Crippen LogP contribution is 2.28. The molecular formula is C20H22N2O10S. The maximum absolute atomic E-state index is 12.1. The molecule has 2 aromatic carbocycles. The van der Waals surface area contributed by atoms with Gasteiger partial charge in [0.05, 0.1) is 4.92 Å². The van der Waals surface area contributed by atoms with Crippen LogP contribution in [0.3, 0.4) is 0 Å². The summed E-state index contributed by atoms with van der Waals surface area (Å²) in [6.07, 6.45) is -1.01. The number of carboxylic acid groups (broad SMARTS) is 1.